The zero-order valence-electron chi connectivity index (χ0n) is 6.30. The van der Waals surface area contributed by atoms with Gasteiger partial charge in [0.2, 0.25) is 0 Å². The Balaban J connectivity index is 2.62. The first-order chi connectivity index (χ1) is 5.52. The molecule has 0 radical (unpaired) electrons. The average Bonchev–Trinajstić information content (AvgIpc) is 2.30. The van der Waals surface area contributed by atoms with Gasteiger partial charge in [-0.05, 0) is 6.42 Å². The zero-order valence-corrected chi connectivity index (χ0v) is 7.46. The normalized spacial score (nSPS) is 30.4. The van der Waals surface area contributed by atoms with Crippen LogP contribution >= 0.6 is 9.39 Å². The first kappa shape index (κ1) is 9.42. The number of carboxylic acids is 2. The van der Waals surface area contributed by atoms with Gasteiger partial charge >= 0.3 is 11.9 Å². The molecule has 0 aromatic heterocycles. The highest BCUT2D eigenvalue weighted by molar-refractivity contribution is 7.13. The Bertz CT molecular complexity index is 220. The number of carboxylic acid groups (broad SMARTS) is 2. The van der Waals surface area contributed by atoms with Crippen LogP contribution in [0.4, 0.5) is 0 Å². The van der Waals surface area contributed by atoms with Crippen LogP contribution in [0.1, 0.15) is 6.42 Å². The Morgan fingerprint density at radius 1 is 1.33 bits per heavy atom. The van der Waals surface area contributed by atoms with Crippen molar-refractivity contribution < 1.29 is 19.8 Å². The fourth-order valence-electron chi connectivity index (χ4n) is 1.28. The maximum Gasteiger partial charge on any atom is 0.321 e. The quantitative estimate of drug-likeness (QED) is 0.582. The van der Waals surface area contributed by atoms with Crippen molar-refractivity contribution in [2.75, 3.05) is 6.54 Å². The van der Waals surface area contributed by atoms with Crippen molar-refractivity contribution in [3.63, 3.8) is 0 Å². The summed E-state index contributed by atoms with van der Waals surface area (Å²) in [4.78, 5) is 21.0. The second kappa shape index (κ2) is 3.37. The minimum atomic E-state index is -0.964. The average molecular weight is 191 g/mol. The number of hydrogen-bond donors (Lipinski definition) is 2. The molecule has 0 bridgehead atoms. The fourth-order valence-corrected chi connectivity index (χ4v) is 1.79. The van der Waals surface area contributed by atoms with Gasteiger partial charge in [0.05, 0.1) is 5.92 Å². The van der Waals surface area contributed by atoms with Gasteiger partial charge in [-0.2, -0.15) is 0 Å². The van der Waals surface area contributed by atoms with Crippen molar-refractivity contribution >= 4 is 21.3 Å². The van der Waals surface area contributed by atoms with Gasteiger partial charge < -0.3 is 10.2 Å². The molecule has 0 spiro atoms. The van der Waals surface area contributed by atoms with Gasteiger partial charge in [-0.1, -0.05) is 9.39 Å². The highest BCUT2D eigenvalue weighted by atomic mass is 31.0. The van der Waals surface area contributed by atoms with Crippen LogP contribution in [0.2, 0.25) is 0 Å². The third-order valence-electron chi connectivity index (χ3n) is 1.97. The van der Waals surface area contributed by atoms with Crippen molar-refractivity contribution in [1.29, 1.82) is 0 Å². The lowest BCUT2D eigenvalue weighted by molar-refractivity contribution is -0.141. The molecule has 1 rings (SSSR count). The highest BCUT2D eigenvalue weighted by Gasteiger charge is 2.37. The molecule has 5 nitrogen and oxygen atoms in total. The smallest absolute Gasteiger partial charge is 0.321 e. The lowest BCUT2D eigenvalue weighted by atomic mass is 10.1. The Hall–Kier alpha value is -0.670. The van der Waals surface area contributed by atoms with E-state index in [-0.39, 0.29) is 13.0 Å². The van der Waals surface area contributed by atoms with E-state index in [1.165, 1.54) is 4.67 Å². The lowest BCUT2D eigenvalue weighted by Gasteiger charge is -2.12. The number of hydrogen-bond acceptors (Lipinski definition) is 3. The summed E-state index contributed by atoms with van der Waals surface area (Å²) >= 11 is 0. The third-order valence-corrected chi connectivity index (χ3v) is 2.54. The minimum absolute atomic E-state index is 0.189. The summed E-state index contributed by atoms with van der Waals surface area (Å²) in [6, 6.07) is -0.670. The third kappa shape index (κ3) is 1.73. The van der Waals surface area contributed by atoms with E-state index in [4.69, 9.17) is 10.2 Å². The van der Waals surface area contributed by atoms with E-state index in [9.17, 15) is 9.59 Å². The van der Waals surface area contributed by atoms with Crippen LogP contribution in [0, 0.1) is 5.92 Å². The van der Waals surface area contributed by atoms with Gasteiger partial charge in [0.15, 0.2) is 0 Å². The zero-order chi connectivity index (χ0) is 9.30. The number of nitrogens with zero attached hydrogens (tertiary/aromatic N) is 1. The molecule has 68 valence electrons. The Labute approximate surface area is 71.6 Å². The van der Waals surface area contributed by atoms with Crippen LogP contribution in [-0.2, 0) is 9.59 Å². The SMILES string of the molecule is O=C(O)C1C[C@@H](C(=O)O)N(P)C1. The van der Waals surface area contributed by atoms with Gasteiger partial charge in [0.25, 0.3) is 0 Å². The molecular formula is C6H10NO4P. The van der Waals surface area contributed by atoms with E-state index in [1.54, 1.807) is 0 Å². The molecule has 0 aromatic carbocycles. The monoisotopic (exact) mass is 191 g/mol. The van der Waals surface area contributed by atoms with Gasteiger partial charge in [0, 0.05) is 6.54 Å². The first-order valence-corrected chi connectivity index (χ1v) is 4.01. The van der Waals surface area contributed by atoms with Crippen molar-refractivity contribution in [3.05, 3.63) is 0 Å². The Morgan fingerprint density at radius 3 is 2.17 bits per heavy atom. The molecule has 2 N–H and O–H groups in total. The summed E-state index contributed by atoms with van der Waals surface area (Å²) in [5.41, 5.74) is 0. The molecule has 12 heavy (non-hydrogen) atoms. The predicted molar refractivity (Wildman–Crippen MR) is 43.6 cm³/mol. The van der Waals surface area contributed by atoms with Crippen molar-refractivity contribution in [2.45, 2.75) is 12.5 Å². The van der Waals surface area contributed by atoms with Crippen LogP contribution in [0.15, 0.2) is 0 Å². The number of aliphatic carboxylic acids is 2. The molecule has 1 heterocycles. The van der Waals surface area contributed by atoms with Gasteiger partial charge in [-0.15, -0.1) is 0 Å². The van der Waals surface area contributed by atoms with E-state index >= 15 is 0 Å². The van der Waals surface area contributed by atoms with E-state index in [0.29, 0.717) is 0 Å². The summed E-state index contributed by atoms with van der Waals surface area (Å²) in [5, 5.41) is 17.2. The molecule has 0 amide bonds. The highest BCUT2D eigenvalue weighted by Crippen LogP contribution is 2.26. The van der Waals surface area contributed by atoms with E-state index < -0.39 is 23.9 Å². The standard InChI is InChI=1S/C6H10NO4P/c8-5(9)3-1-4(6(10)11)7(12)2-3/h3-4H,1-2,12H2,(H,8,9)(H,10,11)/t3?,4-/m0/s1. The largest absolute Gasteiger partial charge is 0.481 e. The summed E-state index contributed by atoms with van der Waals surface area (Å²) in [7, 11) is 2.24. The minimum Gasteiger partial charge on any atom is -0.481 e. The number of carbonyl (C=O) groups is 2. The number of rotatable bonds is 2. The molecule has 2 unspecified atom stereocenters. The molecule has 1 aliphatic heterocycles. The summed E-state index contributed by atoms with van der Waals surface area (Å²) < 4.78 is 1.47. The molecule has 0 aliphatic carbocycles. The van der Waals surface area contributed by atoms with Gasteiger partial charge in [0.1, 0.15) is 6.04 Å². The summed E-state index contributed by atoms with van der Waals surface area (Å²) in [6.45, 7) is 0.289. The van der Waals surface area contributed by atoms with Crippen molar-refractivity contribution in [2.24, 2.45) is 5.92 Å². The molecule has 1 fully saturated rings. The van der Waals surface area contributed by atoms with Crippen LogP contribution in [0.3, 0.4) is 0 Å². The van der Waals surface area contributed by atoms with E-state index in [1.807, 2.05) is 0 Å². The fraction of sp³-hybridized carbons (Fsp3) is 0.667. The van der Waals surface area contributed by atoms with Crippen LogP contribution in [0.25, 0.3) is 0 Å². The van der Waals surface area contributed by atoms with Crippen LogP contribution in [0.5, 0.6) is 0 Å². The van der Waals surface area contributed by atoms with Crippen molar-refractivity contribution in [1.82, 2.24) is 4.67 Å². The van der Waals surface area contributed by atoms with Gasteiger partial charge in [-0.25, -0.2) is 0 Å². The second-order valence-electron chi connectivity index (χ2n) is 2.82. The van der Waals surface area contributed by atoms with E-state index in [2.05, 4.69) is 9.39 Å². The molecule has 6 heteroatoms. The molecular weight excluding hydrogens is 181 g/mol. The Kier molecular flexibility index (Phi) is 2.65. The second-order valence-corrected chi connectivity index (χ2v) is 3.48. The molecule has 0 aromatic rings. The maximum atomic E-state index is 10.5. The topological polar surface area (TPSA) is 77.8 Å². The molecule has 1 aliphatic rings. The maximum absolute atomic E-state index is 10.5. The van der Waals surface area contributed by atoms with E-state index in [0.717, 1.165) is 0 Å². The van der Waals surface area contributed by atoms with Gasteiger partial charge in [-0.3, -0.25) is 14.3 Å². The predicted octanol–water partition coefficient (Wildman–Crippen LogP) is -0.364. The molecule has 3 atom stereocenters. The first-order valence-electron chi connectivity index (χ1n) is 3.49. The molecule has 0 saturated carbocycles. The Morgan fingerprint density at radius 2 is 1.92 bits per heavy atom. The summed E-state index contributed by atoms with van der Waals surface area (Å²) in [6.07, 6.45) is 0.189. The molecule has 1 saturated heterocycles. The van der Waals surface area contributed by atoms with Crippen LogP contribution in [-0.4, -0.2) is 39.4 Å². The van der Waals surface area contributed by atoms with Crippen molar-refractivity contribution in [3.8, 4) is 0 Å². The summed E-state index contributed by atoms with van der Waals surface area (Å²) in [5.74, 6) is -2.44. The van der Waals surface area contributed by atoms with Crippen LogP contribution < -0.4 is 0 Å². The lowest BCUT2D eigenvalue weighted by Crippen LogP contribution is -2.28.